The van der Waals surface area contributed by atoms with Gasteiger partial charge in [0, 0.05) is 18.7 Å². The second-order valence-corrected chi connectivity index (χ2v) is 3.46. The largest absolute Gasteiger partial charge is 0.492 e. The summed E-state index contributed by atoms with van der Waals surface area (Å²) >= 11 is 0. The van der Waals surface area contributed by atoms with Crippen LogP contribution in [0, 0.1) is 0 Å². The van der Waals surface area contributed by atoms with Crippen molar-refractivity contribution in [2.75, 3.05) is 19.7 Å². The summed E-state index contributed by atoms with van der Waals surface area (Å²) in [6.45, 7) is 1.70. The van der Waals surface area contributed by atoms with E-state index in [1.54, 1.807) is 12.1 Å². The maximum Gasteiger partial charge on any atom is 0.251 e. The highest BCUT2D eigenvalue weighted by atomic mass is 35.5. The Morgan fingerprint density at radius 1 is 1.44 bits per heavy atom. The van der Waals surface area contributed by atoms with Gasteiger partial charge in [-0.05, 0) is 30.2 Å². The Kier molecular flexibility index (Phi) is 4.58. The number of benzene rings is 1. The first-order valence-electron chi connectivity index (χ1n) is 5.05. The van der Waals surface area contributed by atoms with Crippen molar-refractivity contribution in [2.24, 2.45) is 5.73 Å². The lowest BCUT2D eigenvalue weighted by atomic mass is 10.0. The zero-order chi connectivity index (χ0) is 10.7. The van der Waals surface area contributed by atoms with E-state index in [1.165, 1.54) is 0 Å². The highest BCUT2D eigenvalue weighted by molar-refractivity contribution is 5.96. The standard InChI is InChI=1S/C11H14N2O2.ClH/c12-4-6-15-9-1-2-10-8(7-9)3-5-13-11(10)14;/h1-2,7H,3-6,12H2,(H,13,14);1H. The molecule has 4 nitrogen and oxygen atoms in total. The van der Waals surface area contributed by atoms with Gasteiger partial charge in [-0.2, -0.15) is 0 Å². The summed E-state index contributed by atoms with van der Waals surface area (Å²) in [6, 6.07) is 5.53. The van der Waals surface area contributed by atoms with E-state index in [-0.39, 0.29) is 18.3 Å². The molecule has 2 rings (SSSR count). The zero-order valence-corrected chi connectivity index (χ0v) is 9.68. The molecule has 1 aliphatic heterocycles. The summed E-state index contributed by atoms with van der Waals surface area (Å²) in [5, 5.41) is 2.80. The number of hydrogen-bond donors (Lipinski definition) is 2. The van der Waals surface area contributed by atoms with Crippen LogP contribution in [-0.4, -0.2) is 25.6 Å². The fourth-order valence-corrected chi connectivity index (χ4v) is 1.67. The minimum absolute atomic E-state index is 0. The van der Waals surface area contributed by atoms with Crippen molar-refractivity contribution in [1.29, 1.82) is 0 Å². The minimum atomic E-state index is 0. The predicted molar refractivity (Wildman–Crippen MR) is 64.3 cm³/mol. The van der Waals surface area contributed by atoms with Crippen molar-refractivity contribution in [3.63, 3.8) is 0 Å². The third kappa shape index (κ3) is 2.65. The Morgan fingerprint density at radius 2 is 2.25 bits per heavy atom. The highest BCUT2D eigenvalue weighted by Crippen LogP contribution is 2.20. The summed E-state index contributed by atoms with van der Waals surface area (Å²) in [7, 11) is 0. The van der Waals surface area contributed by atoms with E-state index in [2.05, 4.69) is 5.32 Å². The molecule has 3 N–H and O–H groups in total. The van der Waals surface area contributed by atoms with Crippen molar-refractivity contribution in [2.45, 2.75) is 6.42 Å². The van der Waals surface area contributed by atoms with Crippen LogP contribution in [0.5, 0.6) is 5.75 Å². The van der Waals surface area contributed by atoms with Gasteiger partial charge in [-0.1, -0.05) is 0 Å². The van der Waals surface area contributed by atoms with Gasteiger partial charge in [0.15, 0.2) is 0 Å². The minimum Gasteiger partial charge on any atom is -0.492 e. The van der Waals surface area contributed by atoms with Gasteiger partial charge < -0.3 is 15.8 Å². The lowest BCUT2D eigenvalue weighted by Crippen LogP contribution is -2.31. The molecule has 1 aromatic carbocycles. The van der Waals surface area contributed by atoms with Crippen LogP contribution in [-0.2, 0) is 6.42 Å². The lowest BCUT2D eigenvalue weighted by molar-refractivity contribution is 0.0946. The molecule has 16 heavy (non-hydrogen) atoms. The normalized spacial score (nSPS) is 13.4. The van der Waals surface area contributed by atoms with Gasteiger partial charge in [0.05, 0.1) is 0 Å². The average molecular weight is 243 g/mol. The number of nitrogens with two attached hydrogens (primary N) is 1. The molecule has 88 valence electrons. The number of halogens is 1. The molecule has 0 saturated heterocycles. The summed E-state index contributed by atoms with van der Waals surface area (Å²) in [5.41, 5.74) is 7.15. The number of nitrogens with one attached hydrogen (secondary N) is 1. The van der Waals surface area contributed by atoms with E-state index in [0.29, 0.717) is 19.7 Å². The number of carbonyl (C=O) groups excluding carboxylic acids is 1. The second-order valence-electron chi connectivity index (χ2n) is 3.46. The Labute approximate surface area is 101 Å². The molecule has 1 amide bonds. The molecule has 5 heteroatoms. The Hall–Kier alpha value is -1.26. The van der Waals surface area contributed by atoms with E-state index in [1.807, 2.05) is 6.07 Å². The summed E-state index contributed by atoms with van der Waals surface area (Å²) in [4.78, 5) is 11.4. The van der Waals surface area contributed by atoms with Gasteiger partial charge in [-0.15, -0.1) is 12.4 Å². The van der Waals surface area contributed by atoms with Crippen LogP contribution in [0.4, 0.5) is 0 Å². The fourth-order valence-electron chi connectivity index (χ4n) is 1.67. The van der Waals surface area contributed by atoms with E-state index >= 15 is 0 Å². The summed E-state index contributed by atoms with van der Waals surface area (Å²) in [6.07, 6.45) is 0.862. The number of fused-ring (bicyclic) bond motifs is 1. The van der Waals surface area contributed by atoms with Crippen LogP contribution in [0.1, 0.15) is 15.9 Å². The Balaban J connectivity index is 0.00000128. The number of amides is 1. The number of ether oxygens (including phenoxy) is 1. The third-order valence-electron chi connectivity index (χ3n) is 2.39. The van der Waals surface area contributed by atoms with Crippen molar-refractivity contribution in [3.05, 3.63) is 29.3 Å². The third-order valence-corrected chi connectivity index (χ3v) is 2.39. The van der Waals surface area contributed by atoms with Gasteiger partial charge in [0.2, 0.25) is 0 Å². The lowest BCUT2D eigenvalue weighted by Gasteiger charge is -2.17. The van der Waals surface area contributed by atoms with E-state index in [4.69, 9.17) is 10.5 Å². The average Bonchev–Trinajstić information content (AvgIpc) is 2.26. The van der Waals surface area contributed by atoms with E-state index in [9.17, 15) is 4.79 Å². The Morgan fingerprint density at radius 3 is 3.00 bits per heavy atom. The number of rotatable bonds is 3. The van der Waals surface area contributed by atoms with Gasteiger partial charge in [0.25, 0.3) is 5.91 Å². The molecule has 0 spiro atoms. The topological polar surface area (TPSA) is 64.3 Å². The van der Waals surface area contributed by atoms with Crippen molar-refractivity contribution in [1.82, 2.24) is 5.32 Å². The first-order valence-corrected chi connectivity index (χ1v) is 5.05. The maximum absolute atomic E-state index is 11.4. The summed E-state index contributed by atoms with van der Waals surface area (Å²) < 4.78 is 5.40. The predicted octanol–water partition coefficient (Wildman–Crippen LogP) is 0.732. The van der Waals surface area contributed by atoms with Gasteiger partial charge in [0.1, 0.15) is 12.4 Å². The van der Waals surface area contributed by atoms with Crippen LogP contribution in [0.3, 0.4) is 0 Å². The molecule has 0 unspecified atom stereocenters. The molecule has 0 atom stereocenters. The van der Waals surface area contributed by atoms with Crippen LogP contribution in [0.2, 0.25) is 0 Å². The van der Waals surface area contributed by atoms with Crippen molar-refractivity contribution >= 4 is 18.3 Å². The molecule has 0 bridgehead atoms. The molecule has 0 fully saturated rings. The highest BCUT2D eigenvalue weighted by Gasteiger charge is 2.16. The van der Waals surface area contributed by atoms with Crippen LogP contribution in [0.15, 0.2) is 18.2 Å². The van der Waals surface area contributed by atoms with Gasteiger partial charge in [-0.3, -0.25) is 4.79 Å². The fraction of sp³-hybridized carbons (Fsp3) is 0.364. The summed E-state index contributed by atoms with van der Waals surface area (Å²) in [5.74, 6) is 0.788. The molecule has 1 heterocycles. The first kappa shape index (κ1) is 12.8. The van der Waals surface area contributed by atoms with E-state index in [0.717, 1.165) is 23.3 Å². The van der Waals surface area contributed by atoms with Crippen LogP contribution < -0.4 is 15.8 Å². The molecule has 0 radical (unpaired) electrons. The zero-order valence-electron chi connectivity index (χ0n) is 8.86. The second kappa shape index (κ2) is 5.72. The Bertz CT molecular complexity index is 382. The smallest absolute Gasteiger partial charge is 0.251 e. The van der Waals surface area contributed by atoms with Crippen LogP contribution >= 0.6 is 12.4 Å². The maximum atomic E-state index is 11.4. The van der Waals surface area contributed by atoms with Crippen LogP contribution in [0.25, 0.3) is 0 Å². The molecule has 0 aliphatic carbocycles. The number of hydrogen-bond acceptors (Lipinski definition) is 3. The van der Waals surface area contributed by atoms with E-state index < -0.39 is 0 Å². The first-order chi connectivity index (χ1) is 7.31. The van der Waals surface area contributed by atoms with Gasteiger partial charge in [-0.25, -0.2) is 0 Å². The van der Waals surface area contributed by atoms with Crippen molar-refractivity contribution < 1.29 is 9.53 Å². The molecular weight excluding hydrogens is 228 g/mol. The number of carbonyl (C=O) groups is 1. The molecule has 0 saturated carbocycles. The quantitative estimate of drug-likeness (QED) is 0.822. The molecule has 1 aromatic rings. The molecule has 1 aliphatic rings. The monoisotopic (exact) mass is 242 g/mol. The molecular formula is C11H15ClN2O2. The molecule has 0 aromatic heterocycles. The van der Waals surface area contributed by atoms with Crippen molar-refractivity contribution in [3.8, 4) is 5.75 Å². The van der Waals surface area contributed by atoms with Gasteiger partial charge >= 0.3 is 0 Å². The SMILES string of the molecule is Cl.NCCOc1ccc2c(c1)CCNC2=O.